The third kappa shape index (κ3) is 4.05. The summed E-state index contributed by atoms with van der Waals surface area (Å²) in [5.41, 5.74) is 8.60. The third-order valence-corrected chi connectivity index (χ3v) is 5.54. The lowest BCUT2D eigenvalue weighted by Gasteiger charge is -2.07. The quantitative estimate of drug-likeness (QED) is 0.416. The Balaban J connectivity index is 1.43. The summed E-state index contributed by atoms with van der Waals surface area (Å²) < 4.78 is 7.04. The molecule has 0 bridgehead atoms. The number of hydrogen-bond acceptors (Lipinski definition) is 6. The van der Waals surface area contributed by atoms with Crippen LogP contribution >= 0.6 is 11.3 Å². The Kier molecular flexibility index (Phi) is 5.54. The largest absolute Gasteiger partial charge is 0.497 e. The van der Waals surface area contributed by atoms with Crippen molar-refractivity contribution in [1.29, 1.82) is 0 Å². The lowest BCUT2D eigenvalue weighted by Crippen LogP contribution is -2.41. The number of rotatable bonds is 5. The van der Waals surface area contributed by atoms with Gasteiger partial charge in [0.15, 0.2) is 5.13 Å². The van der Waals surface area contributed by atoms with Crippen LogP contribution in [0.5, 0.6) is 5.75 Å². The molecule has 9 nitrogen and oxygen atoms in total. The van der Waals surface area contributed by atoms with E-state index in [2.05, 4.69) is 26.0 Å². The van der Waals surface area contributed by atoms with Gasteiger partial charge >= 0.3 is 0 Å². The molecule has 31 heavy (non-hydrogen) atoms. The maximum atomic E-state index is 12.6. The monoisotopic (exact) mass is 436 g/mol. The van der Waals surface area contributed by atoms with Gasteiger partial charge in [0.05, 0.1) is 18.4 Å². The minimum atomic E-state index is -0.505. The van der Waals surface area contributed by atoms with E-state index >= 15 is 0 Å². The molecule has 0 aliphatic heterocycles. The van der Waals surface area contributed by atoms with E-state index in [9.17, 15) is 9.59 Å². The topological polar surface area (TPSA) is 114 Å². The molecule has 0 aliphatic rings. The van der Waals surface area contributed by atoms with Gasteiger partial charge in [-0.3, -0.25) is 30.1 Å². The van der Waals surface area contributed by atoms with E-state index in [-0.39, 0.29) is 5.69 Å². The van der Waals surface area contributed by atoms with E-state index in [1.54, 1.807) is 25.4 Å². The number of hydrogen-bond donors (Lipinski definition) is 3. The van der Waals surface area contributed by atoms with Crippen molar-refractivity contribution in [2.45, 2.75) is 13.8 Å². The van der Waals surface area contributed by atoms with Crippen LogP contribution in [0.25, 0.3) is 16.4 Å². The van der Waals surface area contributed by atoms with E-state index in [1.807, 2.05) is 48.1 Å². The number of aryl methyl sites for hydroxylation is 1. The van der Waals surface area contributed by atoms with Gasteiger partial charge in [0.2, 0.25) is 0 Å². The fourth-order valence-electron chi connectivity index (χ4n) is 3.21. The zero-order valence-electron chi connectivity index (χ0n) is 17.1. The highest BCUT2D eigenvalue weighted by Crippen LogP contribution is 2.23. The van der Waals surface area contributed by atoms with Crippen molar-refractivity contribution in [3.05, 3.63) is 70.6 Å². The molecule has 1 aromatic carbocycles. The first kappa shape index (κ1) is 20.4. The van der Waals surface area contributed by atoms with Crippen LogP contribution in [-0.2, 0) is 0 Å². The van der Waals surface area contributed by atoms with Crippen molar-refractivity contribution < 1.29 is 14.3 Å². The fraction of sp³-hybridized carbons (Fsp3) is 0.143. The molecule has 4 aromatic rings. The van der Waals surface area contributed by atoms with E-state index in [0.29, 0.717) is 11.3 Å². The van der Waals surface area contributed by atoms with Crippen molar-refractivity contribution in [3.8, 4) is 22.1 Å². The van der Waals surface area contributed by atoms with Crippen molar-refractivity contribution in [2.24, 2.45) is 0 Å². The molecular weight excluding hydrogens is 416 g/mol. The van der Waals surface area contributed by atoms with E-state index in [0.717, 1.165) is 27.8 Å². The zero-order chi connectivity index (χ0) is 22.0. The number of aromatic amines is 1. The number of amides is 2. The van der Waals surface area contributed by atoms with Gasteiger partial charge in [0, 0.05) is 28.5 Å². The Bertz CT molecular complexity index is 1220. The summed E-state index contributed by atoms with van der Waals surface area (Å²) in [5, 5.41) is 9.49. The minimum absolute atomic E-state index is 0.222. The second-order valence-corrected chi connectivity index (χ2v) is 7.61. The van der Waals surface area contributed by atoms with Crippen LogP contribution in [0.2, 0.25) is 0 Å². The smallest absolute Gasteiger partial charge is 0.287 e. The number of carbonyl (C=O) groups excluding carboxylic acids is 2. The second-order valence-electron chi connectivity index (χ2n) is 6.74. The van der Waals surface area contributed by atoms with Gasteiger partial charge in [-0.25, -0.2) is 4.98 Å². The van der Waals surface area contributed by atoms with Gasteiger partial charge in [-0.05, 0) is 50.2 Å². The molecule has 2 amide bonds. The Hall–Kier alpha value is -3.92. The molecule has 3 aromatic heterocycles. The van der Waals surface area contributed by atoms with E-state index < -0.39 is 11.8 Å². The second kappa shape index (κ2) is 8.44. The number of ether oxygens (including phenoxy) is 1. The van der Waals surface area contributed by atoms with E-state index in [1.165, 1.54) is 11.3 Å². The number of aromatic nitrogens is 4. The number of methoxy groups -OCH3 is 1. The first-order chi connectivity index (χ1) is 15.0. The highest BCUT2D eigenvalue weighted by atomic mass is 32.1. The van der Waals surface area contributed by atoms with Crippen LogP contribution in [-0.4, -0.2) is 38.7 Å². The number of nitrogens with one attached hydrogen (secondary N) is 3. The predicted molar refractivity (Wildman–Crippen MR) is 116 cm³/mol. The standard InChI is InChI=1S/C21H20N6O3S/c1-12-10-16(13(2)27(12)21-22-8-9-31-21)19(28)25-26-20(29)18-11-17(23-24-18)14-4-6-15(30-3)7-5-14/h4-11H,1-3H3,(H,23,24)(H,25,28)(H,26,29). The molecule has 0 saturated carbocycles. The van der Waals surface area contributed by atoms with Gasteiger partial charge in [-0.15, -0.1) is 11.3 Å². The normalized spacial score (nSPS) is 10.7. The molecule has 158 valence electrons. The summed E-state index contributed by atoms with van der Waals surface area (Å²) in [6.07, 6.45) is 1.71. The van der Waals surface area contributed by atoms with Crippen molar-refractivity contribution >= 4 is 23.2 Å². The first-order valence-electron chi connectivity index (χ1n) is 9.37. The van der Waals surface area contributed by atoms with E-state index in [4.69, 9.17) is 4.74 Å². The molecule has 0 spiro atoms. The lowest BCUT2D eigenvalue weighted by atomic mass is 10.1. The molecule has 0 fully saturated rings. The summed E-state index contributed by atoms with van der Waals surface area (Å²) in [6, 6.07) is 10.7. The molecule has 0 radical (unpaired) electrons. The number of benzene rings is 1. The predicted octanol–water partition coefficient (Wildman–Crippen LogP) is 3.02. The van der Waals surface area contributed by atoms with Gasteiger partial charge in [-0.1, -0.05) is 0 Å². The molecule has 3 N–H and O–H groups in total. The van der Waals surface area contributed by atoms with Gasteiger partial charge < -0.3 is 4.74 Å². The SMILES string of the molecule is COc1ccc(-c2cc(C(=O)NNC(=O)c3cc(C)n(-c4nccs4)c3C)[nH]n2)cc1. The van der Waals surface area contributed by atoms with Crippen LogP contribution < -0.4 is 15.6 Å². The Morgan fingerprint density at radius 3 is 2.52 bits per heavy atom. The number of thiazole rings is 1. The summed E-state index contributed by atoms with van der Waals surface area (Å²) in [4.78, 5) is 29.4. The van der Waals surface area contributed by atoms with Crippen LogP contribution in [0.1, 0.15) is 32.2 Å². The first-order valence-corrected chi connectivity index (χ1v) is 10.2. The van der Waals surface area contributed by atoms with Crippen molar-refractivity contribution in [3.63, 3.8) is 0 Å². The van der Waals surface area contributed by atoms with Crippen molar-refractivity contribution in [2.75, 3.05) is 7.11 Å². The molecule has 0 atom stereocenters. The van der Waals surface area contributed by atoms with Crippen LogP contribution in [0, 0.1) is 13.8 Å². The van der Waals surface area contributed by atoms with Crippen molar-refractivity contribution in [1.82, 2.24) is 30.6 Å². The average Bonchev–Trinajstić information content (AvgIpc) is 3.52. The number of carbonyl (C=O) groups is 2. The molecular formula is C21H20N6O3S. The fourth-order valence-corrected chi connectivity index (χ4v) is 3.96. The highest BCUT2D eigenvalue weighted by Gasteiger charge is 2.19. The number of H-pyrrole nitrogens is 1. The zero-order valence-corrected chi connectivity index (χ0v) is 17.9. The Morgan fingerprint density at radius 2 is 1.84 bits per heavy atom. The van der Waals surface area contributed by atoms with Gasteiger partial charge in [-0.2, -0.15) is 5.10 Å². The Labute approximate surface area is 182 Å². The lowest BCUT2D eigenvalue weighted by molar-refractivity contribution is 0.0843. The molecule has 10 heteroatoms. The van der Waals surface area contributed by atoms with Gasteiger partial charge in [0.1, 0.15) is 11.4 Å². The maximum absolute atomic E-state index is 12.6. The molecule has 4 rings (SSSR count). The highest BCUT2D eigenvalue weighted by molar-refractivity contribution is 7.12. The summed E-state index contributed by atoms with van der Waals surface area (Å²) in [6.45, 7) is 3.73. The summed E-state index contributed by atoms with van der Waals surface area (Å²) in [5.74, 6) is -0.192. The number of nitrogens with zero attached hydrogens (tertiary/aromatic N) is 3. The molecule has 0 aliphatic carbocycles. The maximum Gasteiger partial charge on any atom is 0.287 e. The summed E-state index contributed by atoms with van der Waals surface area (Å²) >= 11 is 1.48. The minimum Gasteiger partial charge on any atom is -0.497 e. The van der Waals surface area contributed by atoms with Gasteiger partial charge in [0.25, 0.3) is 11.8 Å². The van der Waals surface area contributed by atoms with Crippen LogP contribution in [0.3, 0.4) is 0 Å². The van der Waals surface area contributed by atoms with Crippen LogP contribution in [0.15, 0.2) is 48.0 Å². The number of hydrazine groups is 1. The Morgan fingerprint density at radius 1 is 1.10 bits per heavy atom. The third-order valence-electron chi connectivity index (χ3n) is 4.78. The molecule has 0 unspecified atom stereocenters. The van der Waals surface area contributed by atoms with Crippen LogP contribution in [0.4, 0.5) is 0 Å². The summed E-state index contributed by atoms with van der Waals surface area (Å²) in [7, 11) is 1.59. The average molecular weight is 436 g/mol. The molecule has 0 saturated heterocycles. The molecule has 3 heterocycles.